The third kappa shape index (κ3) is 5.44. The highest BCUT2D eigenvalue weighted by atomic mass is 16.3. The Morgan fingerprint density at radius 1 is 1.15 bits per heavy atom. The molecule has 0 bridgehead atoms. The van der Waals surface area contributed by atoms with Crippen molar-refractivity contribution < 1.29 is 19.5 Å². The average molecular weight is 528 g/mol. The minimum absolute atomic E-state index is 0.117. The minimum Gasteiger partial charge on any atom is -0.368 e. The number of aliphatic hydroxyl groups is 1. The van der Waals surface area contributed by atoms with E-state index in [1.807, 2.05) is 36.4 Å². The molecule has 2 aliphatic heterocycles. The summed E-state index contributed by atoms with van der Waals surface area (Å²) in [6, 6.07) is 17.6. The predicted molar refractivity (Wildman–Crippen MR) is 145 cm³/mol. The van der Waals surface area contributed by atoms with E-state index in [2.05, 4.69) is 48.0 Å². The van der Waals surface area contributed by atoms with Crippen LogP contribution >= 0.6 is 0 Å². The lowest BCUT2D eigenvalue weighted by Crippen LogP contribution is -2.55. The molecule has 1 saturated heterocycles. The number of benzene rings is 2. The summed E-state index contributed by atoms with van der Waals surface area (Å²) in [5.41, 5.74) is 3.64. The standard InChI is InChI=1S/C30H33N5O4/c1-29(2,32-14-11-19-5-3-7-21(15-19)30(18-31)12-13-30)20-6-4-8-22(16-20)33-23-17-26(37)35(28(23)39)24-9-10-25(36)34-27(24)38/h3-8,15-17,24,28,32-33,39H,9-14H2,1-2H3,(H,34,36,38). The molecule has 0 aromatic heterocycles. The summed E-state index contributed by atoms with van der Waals surface area (Å²) in [5.74, 6) is -1.44. The number of nitrogens with one attached hydrogen (secondary N) is 3. The van der Waals surface area contributed by atoms with Gasteiger partial charge in [-0.05, 0) is 74.9 Å². The second kappa shape index (κ2) is 10.3. The second-order valence-electron chi connectivity index (χ2n) is 11.1. The molecule has 2 atom stereocenters. The van der Waals surface area contributed by atoms with Crippen LogP contribution in [0.2, 0.25) is 0 Å². The SMILES string of the molecule is CC(C)(NCCc1cccc(C2(C#N)CC2)c1)c1cccc(NC2=CC(=O)N(C3CCC(=O)NC3=O)C2O)c1. The van der Waals surface area contributed by atoms with Gasteiger partial charge in [0, 0.05) is 23.7 Å². The number of nitriles is 1. The first-order valence-electron chi connectivity index (χ1n) is 13.3. The van der Waals surface area contributed by atoms with Gasteiger partial charge in [-0.2, -0.15) is 5.26 Å². The Balaban J connectivity index is 1.21. The van der Waals surface area contributed by atoms with Gasteiger partial charge in [0.25, 0.3) is 5.91 Å². The Hall–Kier alpha value is -4.00. The van der Waals surface area contributed by atoms with Crippen LogP contribution in [-0.4, -0.2) is 46.5 Å². The van der Waals surface area contributed by atoms with Crippen molar-refractivity contribution in [2.24, 2.45) is 0 Å². The summed E-state index contributed by atoms with van der Waals surface area (Å²) in [7, 11) is 0. The van der Waals surface area contributed by atoms with Gasteiger partial charge in [-0.15, -0.1) is 0 Å². The number of hydrogen-bond acceptors (Lipinski definition) is 7. The monoisotopic (exact) mass is 527 g/mol. The Bertz CT molecular complexity index is 1390. The normalized spacial score (nSPS) is 22.3. The van der Waals surface area contributed by atoms with E-state index in [0.29, 0.717) is 5.69 Å². The summed E-state index contributed by atoms with van der Waals surface area (Å²) in [6.45, 7) is 4.93. The number of carbonyl (C=O) groups is 3. The van der Waals surface area contributed by atoms with Crippen LogP contribution in [0.5, 0.6) is 0 Å². The van der Waals surface area contributed by atoms with Gasteiger partial charge in [0.05, 0.1) is 17.2 Å². The Labute approximate surface area is 227 Å². The number of hydrogen-bond donors (Lipinski definition) is 4. The van der Waals surface area contributed by atoms with Crippen LogP contribution in [0.25, 0.3) is 0 Å². The number of aliphatic hydroxyl groups excluding tert-OH is 1. The zero-order valence-corrected chi connectivity index (χ0v) is 22.2. The molecule has 1 saturated carbocycles. The smallest absolute Gasteiger partial charge is 0.251 e. The van der Waals surface area contributed by atoms with Crippen LogP contribution in [0.3, 0.4) is 0 Å². The molecule has 2 aromatic rings. The molecular weight excluding hydrogens is 494 g/mol. The van der Waals surface area contributed by atoms with E-state index in [0.717, 1.165) is 41.8 Å². The van der Waals surface area contributed by atoms with Crippen molar-refractivity contribution in [1.82, 2.24) is 15.5 Å². The highest BCUT2D eigenvalue weighted by Gasteiger charge is 2.45. The molecule has 9 nitrogen and oxygen atoms in total. The number of amides is 3. The van der Waals surface area contributed by atoms with Crippen molar-refractivity contribution in [1.29, 1.82) is 5.26 Å². The highest BCUT2D eigenvalue weighted by Crippen LogP contribution is 2.47. The summed E-state index contributed by atoms with van der Waals surface area (Å²) >= 11 is 0. The topological polar surface area (TPSA) is 135 Å². The van der Waals surface area contributed by atoms with Gasteiger partial charge in [0.15, 0.2) is 6.23 Å². The molecule has 1 aliphatic carbocycles. The van der Waals surface area contributed by atoms with Crippen molar-refractivity contribution in [3.8, 4) is 6.07 Å². The van der Waals surface area contributed by atoms with Crippen molar-refractivity contribution >= 4 is 23.4 Å². The summed E-state index contributed by atoms with van der Waals surface area (Å²) in [5, 5.41) is 29.3. The summed E-state index contributed by atoms with van der Waals surface area (Å²) in [6.07, 6.45) is 2.95. The van der Waals surface area contributed by atoms with Crippen LogP contribution in [0.4, 0.5) is 5.69 Å². The molecule has 5 rings (SSSR count). The summed E-state index contributed by atoms with van der Waals surface area (Å²) in [4.78, 5) is 37.5. The molecular formula is C30H33N5O4. The lowest BCUT2D eigenvalue weighted by molar-refractivity contribution is -0.148. The summed E-state index contributed by atoms with van der Waals surface area (Å²) < 4.78 is 0. The molecule has 2 heterocycles. The number of rotatable bonds is 9. The van der Waals surface area contributed by atoms with E-state index >= 15 is 0 Å². The van der Waals surface area contributed by atoms with Crippen LogP contribution < -0.4 is 16.0 Å². The molecule has 3 aliphatic rings. The van der Waals surface area contributed by atoms with E-state index in [1.165, 1.54) is 11.6 Å². The maximum absolute atomic E-state index is 12.6. The van der Waals surface area contributed by atoms with Crippen molar-refractivity contribution in [2.45, 2.75) is 69.2 Å². The van der Waals surface area contributed by atoms with Gasteiger partial charge >= 0.3 is 0 Å². The van der Waals surface area contributed by atoms with E-state index in [4.69, 9.17) is 0 Å². The molecule has 39 heavy (non-hydrogen) atoms. The Morgan fingerprint density at radius 3 is 2.64 bits per heavy atom. The molecule has 9 heteroatoms. The fraction of sp³-hybridized carbons (Fsp3) is 0.400. The maximum Gasteiger partial charge on any atom is 0.251 e. The fourth-order valence-electron chi connectivity index (χ4n) is 5.31. The quantitative estimate of drug-likeness (QED) is 0.368. The van der Waals surface area contributed by atoms with Crippen molar-refractivity contribution in [2.75, 3.05) is 11.9 Å². The number of imide groups is 1. The van der Waals surface area contributed by atoms with Gasteiger partial charge in [-0.3, -0.25) is 24.6 Å². The maximum atomic E-state index is 12.6. The third-order valence-corrected chi connectivity index (χ3v) is 7.92. The zero-order chi connectivity index (χ0) is 27.8. The van der Waals surface area contributed by atoms with Gasteiger partial charge in [-0.25, -0.2) is 0 Å². The van der Waals surface area contributed by atoms with Crippen molar-refractivity contribution in [3.63, 3.8) is 0 Å². The number of carbonyl (C=O) groups excluding carboxylic acids is 3. The predicted octanol–water partition coefficient (Wildman–Crippen LogP) is 2.57. The number of nitrogens with zero attached hydrogens (tertiary/aromatic N) is 2. The first-order chi connectivity index (χ1) is 18.6. The molecule has 0 radical (unpaired) electrons. The number of piperidine rings is 1. The van der Waals surface area contributed by atoms with Gasteiger partial charge < -0.3 is 15.7 Å². The molecule has 4 N–H and O–H groups in total. The van der Waals surface area contributed by atoms with Gasteiger partial charge in [0.2, 0.25) is 11.8 Å². The van der Waals surface area contributed by atoms with Gasteiger partial charge in [-0.1, -0.05) is 36.4 Å². The third-order valence-electron chi connectivity index (χ3n) is 7.92. The first kappa shape index (κ1) is 26.6. The highest BCUT2D eigenvalue weighted by molar-refractivity contribution is 6.03. The second-order valence-corrected chi connectivity index (χ2v) is 11.1. The van der Waals surface area contributed by atoms with Crippen LogP contribution in [0, 0.1) is 11.3 Å². The molecule has 2 fully saturated rings. The first-order valence-corrected chi connectivity index (χ1v) is 13.3. The Morgan fingerprint density at radius 2 is 1.92 bits per heavy atom. The lowest BCUT2D eigenvalue weighted by atomic mass is 9.93. The van der Waals surface area contributed by atoms with Crippen LogP contribution in [0.1, 0.15) is 56.2 Å². The van der Waals surface area contributed by atoms with E-state index in [9.17, 15) is 24.8 Å². The largest absolute Gasteiger partial charge is 0.368 e. The minimum atomic E-state index is -1.32. The number of anilines is 1. The van der Waals surface area contributed by atoms with Gasteiger partial charge in [0.1, 0.15) is 6.04 Å². The van der Waals surface area contributed by atoms with E-state index < -0.39 is 24.1 Å². The van der Waals surface area contributed by atoms with Crippen molar-refractivity contribution in [3.05, 3.63) is 77.0 Å². The zero-order valence-electron chi connectivity index (χ0n) is 22.2. The molecule has 2 aromatic carbocycles. The molecule has 2 unspecified atom stereocenters. The average Bonchev–Trinajstić information content (AvgIpc) is 3.66. The van der Waals surface area contributed by atoms with Crippen LogP contribution in [0.15, 0.2) is 60.3 Å². The van der Waals surface area contributed by atoms with Crippen LogP contribution in [-0.2, 0) is 31.8 Å². The lowest BCUT2D eigenvalue weighted by Gasteiger charge is -2.32. The molecule has 0 spiro atoms. The Kier molecular flexibility index (Phi) is 7.02. The fourth-order valence-corrected chi connectivity index (χ4v) is 5.31. The molecule has 3 amide bonds. The van der Waals surface area contributed by atoms with E-state index in [-0.39, 0.29) is 35.4 Å². The molecule has 202 valence electrons. The van der Waals surface area contributed by atoms with E-state index in [1.54, 1.807) is 0 Å².